The van der Waals surface area contributed by atoms with Crippen LogP contribution in [0.15, 0.2) is 11.5 Å². The molecule has 2 fully saturated rings. The van der Waals surface area contributed by atoms with Gasteiger partial charge >= 0.3 is 0 Å². The van der Waals surface area contributed by atoms with Gasteiger partial charge in [-0.2, -0.15) is 0 Å². The summed E-state index contributed by atoms with van der Waals surface area (Å²) in [4.78, 5) is 4.99. The number of allylic oxidation sites excluding steroid dienone is 1. The number of aliphatic hydroxyl groups is 1. The fourth-order valence-electron chi connectivity index (χ4n) is 2.83. The summed E-state index contributed by atoms with van der Waals surface area (Å²) in [6.07, 6.45) is 2.37. The number of likely N-dealkylation sites (N-methyl/N-ethyl adjacent to an activating group) is 1. The topological polar surface area (TPSA) is 48.0 Å². The monoisotopic (exact) mass is 297 g/mol. The van der Waals surface area contributed by atoms with Crippen molar-refractivity contribution < 1.29 is 9.84 Å². The van der Waals surface area contributed by atoms with Crippen LogP contribution in [0.4, 0.5) is 0 Å². The van der Waals surface area contributed by atoms with Crippen LogP contribution in [0.25, 0.3) is 0 Å². The van der Waals surface area contributed by atoms with Crippen LogP contribution in [0.5, 0.6) is 0 Å². The number of rotatable bonds is 7. The molecule has 2 N–H and O–H groups in total. The first kappa shape index (κ1) is 16.6. The van der Waals surface area contributed by atoms with Gasteiger partial charge in [0.15, 0.2) is 5.88 Å². The molecule has 0 amide bonds. The Bertz CT molecular complexity index is 341. The zero-order valence-electron chi connectivity index (χ0n) is 13.8. The normalized spacial score (nSPS) is 27.2. The van der Waals surface area contributed by atoms with Crippen LogP contribution in [0.2, 0.25) is 0 Å². The van der Waals surface area contributed by atoms with Gasteiger partial charge in [0.1, 0.15) is 0 Å². The van der Waals surface area contributed by atoms with Crippen LogP contribution in [0.3, 0.4) is 0 Å². The predicted molar refractivity (Wildman–Crippen MR) is 85.5 cm³/mol. The SMILES string of the molecule is CCN1CCN(CCO[C@H]2C[C@H](NC(O)=C(C)C)C2)CC1. The van der Waals surface area contributed by atoms with Crippen molar-refractivity contribution in [1.82, 2.24) is 15.1 Å². The minimum absolute atomic E-state index is 0.326. The molecule has 5 heteroatoms. The lowest BCUT2D eigenvalue weighted by Gasteiger charge is -2.37. The van der Waals surface area contributed by atoms with E-state index in [1.165, 1.54) is 32.7 Å². The molecule has 1 heterocycles. The van der Waals surface area contributed by atoms with Crippen LogP contribution >= 0.6 is 0 Å². The van der Waals surface area contributed by atoms with E-state index < -0.39 is 0 Å². The van der Waals surface area contributed by atoms with Gasteiger partial charge in [-0.25, -0.2) is 0 Å². The molecule has 0 aromatic rings. The highest BCUT2D eigenvalue weighted by Crippen LogP contribution is 2.24. The lowest BCUT2D eigenvalue weighted by Crippen LogP contribution is -2.48. The smallest absolute Gasteiger partial charge is 0.182 e. The number of nitrogens with one attached hydrogen (secondary N) is 1. The molecule has 1 aliphatic heterocycles. The fourth-order valence-corrected chi connectivity index (χ4v) is 2.83. The molecule has 0 radical (unpaired) electrons. The summed E-state index contributed by atoms with van der Waals surface area (Å²) in [5, 5.41) is 12.8. The van der Waals surface area contributed by atoms with E-state index in [1.807, 2.05) is 13.8 Å². The molecule has 1 aliphatic carbocycles. The molecule has 0 unspecified atom stereocenters. The standard InChI is InChI=1S/C16H31N3O2/c1-4-18-5-7-19(8-6-18)9-10-21-15-11-14(12-15)17-16(20)13(2)3/h14-15,17,20H,4-12H2,1-3H3/t14-,15-. The maximum Gasteiger partial charge on any atom is 0.182 e. The fraction of sp³-hybridized carbons (Fsp3) is 0.875. The van der Waals surface area contributed by atoms with Crippen molar-refractivity contribution >= 4 is 0 Å². The molecular formula is C16H31N3O2. The quantitative estimate of drug-likeness (QED) is 0.699. The van der Waals surface area contributed by atoms with E-state index >= 15 is 0 Å². The van der Waals surface area contributed by atoms with Crippen molar-refractivity contribution in [1.29, 1.82) is 0 Å². The third kappa shape index (κ3) is 5.16. The van der Waals surface area contributed by atoms with Crippen molar-refractivity contribution in [2.75, 3.05) is 45.9 Å². The molecule has 0 spiro atoms. The Hall–Kier alpha value is -0.780. The summed E-state index contributed by atoms with van der Waals surface area (Å²) in [6.45, 7) is 13.8. The molecule has 0 atom stereocenters. The highest BCUT2D eigenvalue weighted by atomic mass is 16.5. The second-order valence-electron chi connectivity index (χ2n) is 6.43. The molecule has 5 nitrogen and oxygen atoms in total. The van der Waals surface area contributed by atoms with Gasteiger partial charge in [-0.1, -0.05) is 6.92 Å². The van der Waals surface area contributed by atoms with Crippen LogP contribution in [0.1, 0.15) is 33.6 Å². The molecule has 0 aromatic heterocycles. The molecule has 0 aromatic carbocycles. The summed E-state index contributed by atoms with van der Waals surface area (Å²) < 4.78 is 5.91. The van der Waals surface area contributed by atoms with E-state index in [2.05, 4.69) is 22.0 Å². The molecule has 0 bridgehead atoms. The molecule has 1 saturated heterocycles. The summed E-state index contributed by atoms with van der Waals surface area (Å²) in [5.41, 5.74) is 0.936. The summed E-state index contributed by atoms with van der Waals surface area (Å²) in [5.74, 6) is 0.326. The van der Waals surface area contributed by atoms with E-state index in [1.54, 1.807) is 0 Å². The number of aliphatic hydroxyl groups excluding tert-OH is 1. The van der Waals surface area contributed by atoms with Gasteiger partial charge in [-0.15, -0.1) is 0 Å². The number of hydrogen-bond acceptors (Lipinski definition) is 5. The van der Waals surface area contributed by atoms with Gasteiger partial charge in [0.25, 0.3) is 0 Å². The molecule has 21 heavy (non-hydrogen) atoms. The first-order valence-electron chi connectivity index (χ1n) is 8.27. The zero-order chi connectivity index (χ0) is 15.2. The van der Waals surface area contributed by atoms with E-state index in [0.29, 0.717) is 18.0 Å². The lowest BCUT2D eigenvalue weighted by molar-refractivity contribution is -0.0279. The molecule has 2 aliphatic rings. The Morgan fingerprint density at radius 2 is 1.76 bits per heavy atom. The maximum absolute atomic E-state index is 9.65. The van der Waals surface area contributed by atoms with Gasteiger partial charge in [0.2, 0.25) is 0 Å². The predicted octanol–water partition coefficient (Wildman–Crippen LogP) is 1.57. The Labute approximate surface area is 128 Å². The van der Waals surface area contributed by atoms with Crippen molar-refractivity contribution in [3.8, 4) is 0 Å². The highest BCUT2D eigenvalue weighted by Gasteiger charge is 2.30. The molecule has 1 saturated carbocycles. The highest BCUT2D eigenvalue weighted by molar-refractivity contribution is 5.02. The number of piperazine rings is 1. The molecule has 2 rings (SSSR count). The van der Waals surface area contributed by atoms with Crippen LogP contribution in [-0.2, 0) is 4.74 Å². The van der Waals surface area contributed by atoms with Gasteiger partial charge in [-0.3, -0.25) is 4.90 Å². The van der Waals surface area contributed by atoms with Crippen molar-refractivity contribution in [3.05, 3.63) is 11.5 Å². The van der Waals surface area contributed by atoms with Gasteiger partial charge in [-0.05, 0) is 38.8 Å². The number of hydrogen-bond donors (Lipinski definition) is 2. The molecule has 122 valence electrons. The number of nitrogens with zero attached hydrogens (tertiary/aromatic N) is 2. The zero-order valence-corrected chi connectivity index (χ0v) is 13.8. The second kappa shape index (κ2) is 8.01. The van der Waals surface area contributed by atoms with E-state index in [-0.39, 0.29) is 0 Å². The maximum atomic E-state index is 9.65. The van der Waals surface area contributed by atoms with E-state index in [0.717, 1.165) is 31.6 Å². The largest absolute Gasteiger partial charge is 0.495 e. The van der Waals surface area contributed by atoms with Crippen LogP contribution < -0.4 is 5.32 Å². The summed E-state index contributed by atoms with van der Waals surface area (Å²) in [7, 11) is 0. The third-order valence-electron chi connectivity index (χ3n) is 4.58. The first-order valence-corrected chi connectivity index (χ1v) is 8.27. The minimum Gasteiger partial charge on any atom is -0.495 e. The van der Waals surface area contributed by atoms with Crippen molar-refractivity contribution in [2.45, 2.75) is 45.8 Å². The second-order valence-corrected chi connectivity index (χ2v) is 6.43. The van der Waals surface area contributed by atoms with Crippen molar-refractivity contribution in [2.24, 2.45) is 0 Å². The lowest BCUT2D eigenvalue weighted by atomic mass is 9.89. The Morgan fingerprint density at radius 3 is 2.33 bits per heavy atom. The average molecular weight is 297 g/mol. The van der Waals surface area contributed by atoms with Gasteiger partial charge in [0.05, 0.1) is 12.7 Å². The minimum atomic E-state index is 0.326. The van der Waals surface area contributed by atoms with Gasteiger partial charge < -0.3 is 20.1 Å². The number of ether oxygens (including phenoxy) is 1. The third-order valence-corrected chi connectivity index (χ3v) is 4.58. The van der Waals surface area contributed by atoms with Crippen molar-refractivity contribution in [3.63, 3.8) is 0 Å². The first-order chi connectivity index (χ1) is 10.1. The molecular weight excluding hydrogens is 266 g/mol. The average Bonchev–Trinajstić information content (AvgIpc) is 2.44. The van der Waals surface area contributed by atoms with Crippen LogP contribution in [0, 0.1) is 0 Å². The summed E-state index contributed by atoms with van der Waals surface area (Å²) >= 11 is 0. The Balaban J connectivity index is 1.51. The summed E-state index contributed by atoms with van der Waals surface area (Å²) in [6, 6.07) is 0.373. The Morgan fingerprint density at radius 1 is 1.14 bits per heavy atom. The van der Waals surface area contributed by atoms with E-state index in [4.69, 9.17) is 4.74 Å². The van der Waals surface area contributed by atoms with Crippen LogP contribution in [-0.4, -0.2) is 72.9 Å². The Kier molecular flexibility index (Phi) is 6.33. The van der Waals surface area contributed by atoms with E-state index in [9.17, 15) is 5.11 Å². The van der Waals surface area contributed by atoms with Gasteiger partial charge in [0, 0.05) is 38.8 Å².